The molecule has 0 bridgehead atoms. The lowest BCUT2D eigenvalue weighted by molar-refractivity contribution is 0.427. The average Bonchev–Trinajstić information content (AvgIpc) is 2.18. The van der Waals surface area contributed by atoms with Crippen LogP contribution in [0.3, 0.4) is 0 Å². The molecule has 0 saturated carbocycles. The Morgan fingerprint density at radius 3 is 3.07 bits per heavy atom. The maximum atomic E-state index is 5.35. The Morgan fingerprint density at radius 1 is 1.64 bits per heavy atom. The lowest BCUT2D eigenvalue weighted by Crippen LogP contribution is -2.46. The molecule has 82 valence electrons. The maximum absolute atomic E-state index is 5.35. The molecule has 2 nitrogen and oxygen atoms in total. The van der Waals surface area contributed by atoms with Gasteiger partial charge >= 0.3 is 0 Å². The number of hydrogen-bond acceptors (Lipinski definition) is 2. The summed E-state index contributed by atoms with van der Waals surface area (Å²) in [6.07, 6.45) is 2.43. The van der Waals surface area contributed by atoms with E-state index in [1.54, 1.807) is 0 Å². The van der Waals surface area contributed by atoms with Gasteiger partial charge in [0, 0.05) is 30.6 Å². The van der Waals surface area contributed by atoms with Crippen molar-refractivity contribution in [3.05, 3.63) is 0 Å². The SMILES string of the molecule is CCCCNC(=S)N1CCSC(C)C1. The fraction of sp³-hybridized carbons (Fsp3) is 0.900. The molecular weight excluding hydrogens is 212 g/mol. The van der Waals surface area contributed by atoms with Crippen LogP contribution in [-0.2, 0) is 0 Å². The van der Waals surface area contributed by atoms with Gasteiger partial charge in [-0.2, -0.15) is 11.8 Å². The standard InChI is InChI=1S/C10H20N2S2/c1-3-4-5-11-10(13)12-6-7-14-9(2)8-12/h9H,3-8H2,1-2H3,(H,11,13). The topological polar surface area (TPSA) is 15.3 Å². The molecule has 1 unspecified atom stereocenters. The summed E-state index contributed by atoms with van der Waals surface area (Å²) in [5.74, 6) is 1.21. The van der Waals surface area contributed by atoms with E-state index in [-0.39, 0.29) is 0 Å². The third kappa shape index (κ3) is 4.05. The van der Waals surface area contributed by atoms with Crippen LogP contribution in [0, 0.1) is 0 Å². The predicted octanol–water partition coefficient (Wildman–Crippen LogP) is 2.10. The molecule has 1 fully saturated rings. The summed E-state index contributed by atoms with van der Waals surface area (Å²) < 4.78 is 0. The Balaban J connectivity index is 2.22. The summed E-state index contributed by atoms with van der Waals surface area (Å²) >= 11 is 7.38. The summed E-state index contributed by atoms with van der Waals surface area (Å²) in [6, 6.07) is 0. The van der Waals surface area contributed by atoms with Gasteiger partial charge < -0.3 is 10.2 Å². The zero-order chi connectivity index (χ0) is 10.4. The Kier molecular flexibility index (Phi) is 5.63. The molecule has 0 radical (unpaired) electrons. The van der Waals surface area contributed by atoms with Crippen LogP contribution in [0.2, 0.25) is 0 Å². The van der Waals surface area contributed by atoms with E-state index in [4.69, 9.17) is 12.2 Å². The van der Waals surface area contributed by atoms with E-state index in [9.17, 15) is 0 Å². The Morgan fingerprint density at radius 2 is 2.43 bits per heavy atom. The number of unbranched alkanes of at least 4 members (excludes halogenated alkanes) is 1. The molecule has 1 aliphatic heterocycles. The van der Waals surface area contributed by atoms with Crippen LogP contribution in [0.15, 0.2) is 0 Å². The van der Waals surface area contributed by atoms with Crippen LogP contribution in [-0.4, -0.2) is 40.6 Å². The van der Waals surface area contributed by atoms with Crippen molar-refractivity contribution in [2.45, 2.75) is 31.9 Å². The smallest absolute Gasteiger partial charge is 0.168 e. The molecule has 14 heavy (non-hydrogen) atoms. The summed E-state index contributed by atoms with van der Waals surface area (Å²) in [7, 11) is 0. The van der Waals surface area contributed by atoms with Crippen molar-refractivity contribution in [3.8, 4) is 0 Å². The van der Waals surface area contributed by atoms with Crippen LogP contribution >= 0.6 is 24.0 Å². The van der Waals surface area contributed by atoms with Crippen LogP contribution < -0.4 is 5.32 Å². The Hall–Kier alpha value is 0.0400. The minimum absolute atomic E-state index is 0.717. The summed E-state index contributed by atoms with van der Waals surface area (Å²) in [4.78, 5) is 2.30. The lowest BCUT2D eigenvalue weighted by atomic mass is 10.3. The summed E-state index contributed by atoms with van der Waals surface area (Å²) in [5, 5.41) is 4.99. The normalized spacial score (nSPS) is 22.1. The lowest BCUT2D eigenvalue weighted by Gasteiger charge is -2.32. The molecule has 1 saturated heterocycles. The van der Waals surface area contributed by atoms with Gasteiger partial charge in [-0.3, -0.25) is 0 Å². The summed E-state index contributed by atoms with van der Waals surface area (Å²) in [6.45, 7) is 7.69. The van der Waals surface area contributed by atoms with Crippen molar-refractivity contribution < 1.29 is 0 Å². The molecule has 0 amide bonds. The number of rotatable bonds is 3. The van der Waals surface area contributed by atoms with Crippen LogP contribution in [0.1, 0.15) is 26.7 Å². The number of thioether (sulfide) groups is 1. The van der Waals surface area contributed by atoms with Gasteiger partial charge in [-0.25, -0.2) is 0 Å². The summed E-state index contributed by atoms with van der Waals surface area (Å²) in [5.41, 5.74) is 0. The van der Waals surface area contributed by atoms with Crippen LogP contribution in [0.5, 0.6) is 0 Å². The van der Waals surface area contributed by atoms with Gasteiger partial charge in [0.1, 0.15) is 0 Å². The maximum Gasteiger partial charge on any atom is 0.168 e. The van der Waals surface area contributed by atoms with Crippen LogP contribution in [0.25, 0.3) is 0 Å². The number of thiocarbonyl (C=S) groups is 1. The van der Waals surface area contributed by atoms with Crippen LogP contribution in [0.4, 0.5) is 0 Å². The first-order chi connectivity index (χ1) is 6.74. The highest BCUT2D eigenvalue weighted by Gasteiger charge is 2.18. The highest BCUT2D eigenvalue weighted by atomic mass is 32.2. The Labute approximate surface area is 96.8 Å². The average molecular weight is 232 g/mol. The molecule has 1 aliphatic rings. The van der Waals surface area contributed by atoms with Crippen molar-refractivity contribution in [1.29, 1.82) is 0 Å². The van der Waals surface area contributed by atoms with E-state index in [1.807, 2.05) is 11.8 Å². The second kappa shape index (κ2) is 6.51. The number of nitrogens with one attached hydrogen (secondary N) is 1. The third-order valence-corrected chi connectivity index (χ3v) is 3.87. The molecule has 0 aliphatic carbocycles. The van der Waals surface area contributed by atoms with Crippen molar-refractivity contribution >= 4 is 29.1 Å². The zero-order valence-electron chi connectivity index (χ0n) is 9.08. The fourth-order valence-electron chi connectivity index (χ4n) is 1.49. The molecular formula is C10H20N2S2. The molecule has 1 atom stereocenters. The molecule has 1 N–H and O–H groups in total. The van der Waals surface area contributed by atoms with E-state index >= 15 is 0 Å². The van der Waals surface area contributed by atoms with Gasteiger partial charge in [0.25, 0.3) is 0 Å². The van der Waals surface area contributed by atoms with Gasteiger partial charge in [-0.05, 0) is 18.6 Å². The molecule has 1 rings (SSSR count). The number of hydrogen-bond donors (Lipinski definition) is 1. The third-order valence-electron chi connectivity index (χ3n) is 2.33. The molecule has 0 aromatic heterocycles. The zero-order valence-corrected chi connectivity index (χ0v) is 10.7. The number of nitrogens with zero attached hydrogens (tertiary/aromatic N) is 1. The van der Waals surface area contributed by atoms with Crippen molar-refractivity contribution in [3.63, 3.8) is 0 Å². The highest BCUT2D eigenvalue weighted by molar-refractivity contribution is 8.00. The largest absolute Gasteiger partial charge is 0.363 e. The predicted molar refractivity (Wildman–Crippen MR) is 69.0 cm³/mol. The monoisotopic (exact) mass is 232 g/mol. The first-order valence-corrected chi connectivity index (χ1v) is 6.84. The van der Waals surface area contributed by atoms with Crippen molar-refractivity contribution in [1.82, 2.24) is 10.2 Å². The van der Waals surface area contributed by atoms with E-state index < -0.39 is 0 Å². The second-order valence-electron chi connectivity index (χ2n) is 3.71. The minimum Gasteiger partial charge on any atom is -0.363 e. The molecule has 1 heterocycles. The molecule has 0 spiro atoms. The van der Waals surface area contributed by atoms with Gasteiger partial charge in [-0.15, -0.1) is 0 Å². The molecule has 4 heteroatoms. The van der Waals surface area contributed by atoms with E-state index in [1.165, 1.54) is 18.6 Å². The van der Waals surface area contributed by atoms with E-state index in [0.29, 0.717) is 0 Å². The highest BCUT2D eigenvalue weighted by Crippen LogP contribution is 2.17. The Bertz CT molecular complexity index is 185. The molecule has 0 aromatic carbocycles. The van der Waals surface area contributed by atoms with E-state index in [0.717, 1.165) is 30.0 Å². The first-order valence-electron chi connectivity index (χ1n) is 5.38. The first kappa shape index (κ1) is 12.1. The second-order valence-corrected chi connectivity index (χ2v) is 5.65. The fourth-order valence-corrected chi connectivity index (χ4v) is 2.77. The van der Waals surface area contributed by atoms with Crippen molar-refractivity contribution in [2.24, 2.45) is 0 Å². The van der Waals surface area contributed by atoms with Crippen molar-refractivity contribution in [2.75, 3.05) is 25.4 Å². The molecule has 0 aromatic rings. The quantitative estimate of drug-likeness (QED) is 0.592. The van der Waals surface area contributed by atoms with Gasteiger partial charge in [-0.1, -0.05) is 20.3 Å². The van der Waals surface area contributed by atoms with E-state index in [2.05, 4.69) is 24.1 Å². The minimum atomic E-state index is 0.717. The van der Waals surface area contributed by atoms with Gasteiger partial charge in [0.2, 0.25) is 0 Å². The van der Waals surface area contributed by atoms with Gasteiger partial charge in [0.15, 0.2) is 5.11 Å². The van der Waals surface area contributed by atoms with Gasteiger partial charge in [0.05, 0.1) is 0 Å².